The van der Waals surface area contributed by atoms with E-state index in [1.165, 1.54) is 11.1 Å². The molecule has 2 aromatic rings. The van der Waals surface area contributed by atoms with Gasteiger partial charge < -0.3 is 5.32 Å². The molecule has 0 aliphatic heterocycles. The van der Waals surface area contributed by atoms with Gasteiger partial charge in [-0.1, -0.05) is 37.3 Å². The zero-order chi connectivity index (χ0) is 13.5. The molecule has 1 N–H and O–H groups in total. The second-order valence-corrected chi connectivity index (χ2v) is 5.48. The Balaban J connectivity index is 1.99. The van der Waals surface area contributed by atoms with Crippen molar-refractivity contribution in [3.05, 3.63) is 59.8 Å². The first-order valence-corrected chi connectivity index (χ1v) is 7.64. The highest BCUT2D eigenvalue weighted by Gasteiger charge is 2.05. The lowest BCUT2D eigenvalue weighted by atomic mass is 10.1. The summed E-state index contributed by atoms with van der Waals surface area (Å²) in [5.41, 5.74) is 2.63. The standard InChI is InChI=1S/C16H20N2S/c1-3-17-13(2)15-9-10-18-16(11-15)19-12-14-7-5-4-6-8-14/h4-11,13,17H,3,12H2,1-2H3. The fourth-order valence-corrected chi connectivity index (χ4v) is 2.79. The van der Waals surface area contributed by atoms with Crippen LogP contribution in [-0.4, -0.2) is 11.5 Å². The number of thioether (sulfide) groups is 1. The van der Waals surface area contributed by atoms with Crippen LogP contribution in [0.5, 0.6) is 0 Å². The van der Waals surface area contributed by atoms with Crippen molar-refractivity contribution in [2.24, 2.45) is 0 Å². The lowest BCUT2D eigenvalue weighted by molar-refractivity contribution is 0.596. The molecular weight excluding hydrogens is 252 g/mol. The summed E-state index contributed by atoms with van der Waals surface area (Å²) in [5.74, 6) is 0.965. The van der Waals surface area contributed by atoms with Gasteiger partial charge in [0.1, 0.15) is 0 Å². The molecule has 0 saturated carbocycles. The van der Waals surface area contributed by atoms with Gasteiger partial charge in [0.05, 0.1) is 5.03 Å². The van der Waals surface area contributed by atoms with Crippen molar-refractivity contribution in [3.8, 4) is 0 Å². The van der Waals surface area contributed by atoms with Crippen LogP contribution in [0.4, 0.5) is 0 Å². The number of rotatable bonds is 6. The summed E-state index contributed by atoms with van der Waals surface area (Å²) in [5, 5.41) is 4.51. The van der Waals surface area contributed by atoms with Crippen molar-refractivity contribution >= 4 is 11.8 Å². The SMILES string of the molecule is CCNC(C)c1ccnc(SCc2ccccc2)c1. The van der Waals surface area contributed by atoms with E-state index in [0.717, 1.165) is 17.3 Å². The van der Waals surface area contributed by atoms with Gasteiger partial charge in [0, 0.05) is 18.0 Å². The Hall–Kier alpha value is -1.32. The number of hydrogen-bond acceptors (Lipinski definition) is 3. The highest BCUT2D eigenvalue weighted by Crippen LogP contribution is 2.23. The van der Waals surface area contributed by atoms with Gasteiger partial charge in [-0.3, -0.25) is 0 Å². The average Bonchev–Trinajstić information content (AvgIpc) is 2.47. The predicted octanol–water partition coefficient (Wildman–Crippen LogP) is 4.04. The van der Waals surface area contributed by atoms with Crippen molar-refractivity contribution in [1.29, 1.82) is 0 Å². The Bertz CT molecular complexity index is 499. The second-order valence-electron chi connectivity index (χ2n) is 4.48. The van der Waals surface area contributed by atoms with E-state index < -0.39 is 0 Å². The molecule has 19 heavy (non-hydrogen) atoms. The zero-order valence-electron chi connectivity index (χ0n) is 11.5. The molecular formula is C16H20N2S. The van der Waals surface area contributed by atoms with Crippen LogP contribution in [0.3, 0.4) is 0 Å². The van der Waals surface area contributed by atoms with Crippen LogP contribution in [-0.2, 0) is 5.75 Å². The van der Waals surface area contributed by atoms with Crippen LogP contribution >= 0.6 is 11.8 Å². The number of nitrogens with zero attached hydrogens (tertiary/aromatic N) is 1. The van der Waals surface area contributed by atoms with E-state index >= 15 is 0 Å². The largest absolute Gasteiger partial charge is 0.310 e. The van der Waals surface area contributed by atoms with Gasteiger partial charge in [0.15, 0.2) is 0 Å². The van der Waals surface area contributed by atoms with Crippen molar-refractivity contribution in [3.63, 3.8) is 0 Å². The molecule has 0 bridgehead atoms. The maximum absolute atomic E-state index is 4.43. The first-order chi connectivity index (χ1) is 9.29. The Morgan fingerprint density at radius 2 is 2.00 bits per heavy atom. The summed E-state index contributed by atoms with van der Waals surface area (Å²) >= 11 is 1.78. The van der Waals surface area contributed by atoms with E-state index in [1.807, 2.05) is 12.3 Å². The van der Waals surface area contributed by atoms with E-state index in [1.54, 1.807) is 11.8 Å². The Morgan fingerprint density at radius 3 is 2.74 bits per heavy atom. The molecule has 0 aliphatic rings. The molecule has 2 rings (SSSR count). The van der Waals surface area contributed by atoms with Gasteiger partial charge in [-0.15, -0.1) is 11.8 Å². The number of nitrogens with one attached hydrogen (secondary N) is 1. The highest BCUT2D eigenvalue weighted by atomic mass is 32.2. The first kappa shape index (κ1) is 14.1. The lowest BCUT2D eigenvalue weighted by Crippen LogP contribution is -2.17. The summed E-state index contributed by atoms with van der Waals surface area (Å²) in [4.78, 5) is 4.43. The molecule has 0 fully saturated rings. The molecule has 1 aromatic heterocycles. The normalized spacial score (nSPS) is 12.3. The zero-order valence-corrected chi connectivity index (χ0v) is 12.3. The minimum Gasteiger partial charge on any atom is -0.310 e. The smallest absolute Gasteiger partial charge is 0.0966 e. The number of aromatic nitrogens is 1. The molecule has 1 atom stereocenters. The van der Waals surface area contributed by atoms with Crippen molar-refractivity contribution < 1.29 is 0 Å². The monoisotopic (exact) mass is 272 g/mol. The van der Waals surface area contributed by atoms with E-state index in [-0.39, 0.29) is 0 Å². The molecule has 0 spiro atoms. The lowest BCUT2D eigenvalue weighted by Gasteiger charge is -2.13. The molecule has 0 saturated heterocycles. The number of benzene rings is 1. The van der Waals surface area contributed by atoms with Crippen LogP contribution in [0, 0.1) is 0 Å². The summed E-state index contributed by atoms with van der Waals surface area (Å²) < 4.78 is 0. The van der Waals surface area contributed by atoms with E-state index in [0.29, 0.717) is 6.04 Å². The highest BCUT2D eigenvalue weighted by molar-refractivity contribution is 7.98. The quantitative estimate of drug-likeness (QED) is 0.803. The molecule has 2 nitrogen and oxygen atoms in total. The van der Waals surface area contributed by atoms with Gasteiger partial charge in [-0.25, -0.2) is 4.98 Å². The van der Waals surface area contributed by atoms with Crippen LogP contribution in [0.1, 0.15) is 31.0 Å². The maximum Gasteiger partial charge on any atom is 0.0966 e. The van der Waals surface area contributed by atoms with Crippen LogP contribution in [0.2, 0.25) is 0 Å². The van der Waals surface area contributed by atoms with E-state index in [4.69, 9.17) is 0 Å². The molecule has 0 radical (unpaired) electrons. The maximum atomic E-state index is 4.43. The summed E-state index contributed by atoms with van der Waals surface area (Å²) in [6.07, 6.45) is 1.90. The Labute approximate surface area is 119 Å². The minimum absolute atomic E-state index is 0.379. The van der Waals surface area contributed by atoms with Gasteiger partial charge in [0.25, 0.3) is 0 Å². The Morgan fingerprint density at radius 1 is 1.21 bits per heavy atom. The molecule has 0 amide bonds. The summed E-state index contributed by atoms with van der Waals surface area (Å²) in [6, 6.07) is 15.1. The third-order valence-corrected chi connectivity index (χ3v) is 4.00. The van der Waals surface area contributed by atoms with Crippen LogP contribution < -0.4 is 5.32 Å². The summed E-state index contributed by atoms with van der Waals surface area (Å²) in [7, 11) is 0. The molecule has 1 heterocycles. The van der Waals surface area contributed by atoms with Crippen molar-refractivity contribution in [2.45, 2.75) is 30.7 Å². The van der Waals surface area contributed by atoms with Crippen molar-refractivity contribution in [1.82, 2.24) is 10.3 Å². The molecule has 1 unspecified atom stereocenters. The summed E-state index contributed by atoms with van der Waals surface area (Å²) in [6.45, 7) is 5.29. The minimum atomic E-state index is 0.379. The van der Waals surface area contributed by atoms with E-state index in [9.17, 15) is 0 Å². The Kier molecular flexibility index (Phi) is 5.43. The van der Waals surface area contributed by atoms with Gasteiger partial charge in [-0.05, 0) is 36.7 Å². The van der Waals surface area contributed by atoms with Crippen LogP contribution in [0.25, 0.3) is 0 Å². The predicted molar refractivity (Wildman–Crippen MR) is 82.3 cm³/mol. The fourth-order valence-electron chi connectivity index (χ4n) is 1.93. The third-order valence-electron chi connectivity index (χ3n) is 3.00. The topological polar surface area (TPSA) is 24.9 Å². The van der Waals surface area contributed by atoms with Crippen LogP contribution in [0.15, 0.2) is 53.7 Å². The first-order valence-electron chi connectivity index (χ1n) is 6.65. The van der Waals surface area contributed by atoms with Gasteiger partial charge in [0.2, 0.25) is 0 Å². The van der Waals surface area contributed by atoms with E-state index in [2.05, 4.69) is 60.5 Å². The number of hydrogen-bond donors (Lipinski definition) is 1. The molecule has 100 valence electrons. The molecule has 3 heteroatoms. The number of pyridine rings is 1. The fraction of sp³-hybridized carbons (Fsp3) is 0.312. The van der Waals surface area contributed by atoms with Gasteiger partial charge >= 0.3 is 0 Å². The second kappa shape index (κ2) is 7.31. The average molecular weight is 272 g/mol. The van der Waals surface area contributed by atoms with Gasteiger partial charge in [-0.2, -0.15) is 0 Å². The van der Waals surface area contributed by atoms with Crippen molar-refractivity contribution in [2.75, 3.05) is 6.54 Å². The molecule has 0 aliphatic carbocycles. The third kappa shape index (κ3) is 4.37. The molecule has 1 aromatic carbocycles.